The van der Waals surface area contributed by atoms with Crippen LogP contribution in [0.4, 0.5) is 0 Å². The lowest BCUT2D eigenvalue weighted by Gasteiger charge is -2.22. The Kier molecular flexibility index (Phi) is 5.29. The van der Waals surface area contributed by atoms with Crippen LogP contribution in [0.3, 0.4) is 0 Å². The van der Waals surface area contributed by atoms with Crippen LogP contribution >= 0.6 is 0 Å². The normalized spacial score (nSPS) is 27.2. The minimum Gasteiger partial charge on any atom is -0.294 e. The summed E-state index contributed by atoms with van der Waals surface area (Å²) in [6, 6.07) is 0. The van der Waals surface area contributed by atoms with E-state index in [1.54, 1.807) is 0 Å². The third-order valence-corrected chi connectivity index (χ3v) is 7.10. The van der Waals surface area contributed by atoms with Crippen molar-refractivity contribution in [3.63, 3.8) is 0 Å². The molecule has 0 aromatic rings. The Morgan fingerprint density at radius 2 is 1.77 bits per heavy atom. The zero-order chi connectivity index (χ0) is 20.5. The van der Waals surface area contributed by atoms with Crippen LogP contribution < -0.4 is 0 Å². The molecular weight excluding hydrogens is 364 g/mol. The second-order valence-corrected chi connectivity index (χ2v) is 9.31. The van der Waals surface area contributed by atoms with Gasteiger partial charge in [-0.1, -0.05) is 98.1 Å². The Bertz CT molecular complexity index is 1010. The highest BCUT2D eigenvalue weighted by Crippen LogP contribution is 2.37. The summed E-state index contributed by atoms with van der Waals surface area (Å²) in [6.07, 6.45) is 32.2. The van der Waals surface area contributed by atoms with Gasteiger partial charge in [-0.3, -0.25) is 4.79 Å². The van der Waals surface area contributed by atoms with Crippen molar-refractivity contribution in [2.45, 2.75) is 44.9 Å². The molecule has 2 unspecified atom stereocenters. The Morgan fingerprint density at radius 3 is 2.63 bits per heavy atom. The maximum absolute atomic E-state index is 12.9. The first-order valence-electron chi connectivity index (χ1n) is 11.5. The zero-order valence-electron chi connectivity index (χ0n) is 17.6. The van der Waals surface area contributed by atoms with Gasteiger partial charge in [-0.25, -0.2) is 0 Å². The molecule has 5 aliphatic rings. The summed E-state index contributed by atoms with van der Waals surface area (Å²) in [6.45, 7) is 4.17. The largest absolute Gasteiger partial charge is 0.294 e. The maximum Gasteiger partial charge on any atom is 0.163 e. The molecule has 0 heterocycles. The van der Waals surface area contributed by atoms with E-state index in [1.807, 2.05) is 18.2 Å². The quantitative estimate of drug-likeness (QED) is 0.471. The average molecular weight is 395 g/mol. The van der Waals surface area contributed by atoms with Crippen molar-refractivity contribution in [3.05, 3.63) is 107 Å². The highest BCUT2D eigenvalue weighted by molar-refractivity contribution is 5.99. The molecular formula is C29H30O. The molecule has 0 aromatic carbocycles. The molecule has 1 saturated carbocycles. The Balaban J connectivity index is 1.20. The van der Waals surface area contributed by atoms with Crippen molar-refractivity contribution < 1.29 is 4.79 Å². The molecule has 30 heavy (non-hydrogen) atoms. The van der Waals surface area contributed by atoms with E-state index < -0.39 is 0 Å². The van der Waals surface area contributed by atoms with Crippen molar-refractivity contribution in [3.8, 4) is 0 Å². The Hall–Kier alpha value is -2.67. The predicted octanol–water partition coefficient (Wildman–Crippen LogP) is 7.06. The zero-order valence-corrected chi connectivity index (χ0v) is 17.6. The molecule has 0 amide bonds. The molecule has 152 valence electrons. The minimum absolute atomic E-state index is 0.215. The molecule has 0 aliphatic heterocycles. The number of fused-ring (bicyclic) bond motifs is 2. The third-order valence-electron chi connectivity index (χ3n) is 7.10. The molecule has 0 bridgehead atoms. The Labute approximate surface area is 180 Å². The smallest absolute Gasteiger partial charge is 0.163 e. The van der Waals surface area contributed by atoms with E-state index >= 15 is 0 Å². The van der Waals surface area contributed by atoms with Crippen LogP contribution in [0.15, 0.2) is 107 Å². The summed E-state index contributed by atoms with van der Waals surface area (Å²) in [4.78, 5) is 12.9. The van der Waals surface area contributed by atoms with Crippen molar-refractivity contribution in [2.24, 2.45) is 17.8 Å². The fourth-order valence-corrected chi connectivity index (χ4v) is 5.42. The first-order valence-corrected chi connectivity index (χ1v) is 11.5. The van der Waals surface area contributed by atoms with Gasteiger partial charge in [0.25, 0.3) is 0 Å². The third kappa shape index (κ3) is 3.99. The fourth-order valence-electron chi connectivity index (χ4n) is 5.42. The molecule has 0 aromatic heterocycles. The van der Waals surface area contributed by atoms with Gasteiger partial charge in [0.15, 0.2) is 5.78 Å². The van der Waals surface area contributed by atoms with E-state index in [2.05, 4.69) is 55.2 Å². The van der Waals surface area contributed by atoms with Crippen LogP contribution in [0.5, 0.6) is 0 Å². The van der Waals surface area contributed by atoms with Crippen molar-refractivity contribution >= 4 is 5.78 Å². The molecule has 2 atom stereocenters. The molecule has 1 nitrogen and oxygen atoms in total. The van der Waals surface area contributed by atoms with Crippen LogP contribution in [0, 0.1) is 17.8 Å². The van der Waals surface area contributed by atoms with Crippen molar-refractivity contribution in [1.29, 1.82) is 0 Å². The second kappa shape index (κ2) is 8.22. The van der Waals surface area contributed by atoms with Crippen LogP contribution in [0.2, 0.25) is 0 Å². The van der Waals surface area contributed by atoms with Crippen LogP contribution in [-0.2, 0) is 4.79 Å². The van der Waals surface area contributed by atoms with E-state index in [4.69, 9.17) is 0 Å². The van der Waals surface area contributed by atoms with Gasteiger partial charge in [-0.2, -0.15) is 0 Å². The standard InChI is InChI=1S/C29H30O/c1-20-14-27(19-25-8-4-5-9-28(20)25)29(30)13-11-23-16-24-12-10-22(17-26(24)18-23)15-21-6-2-3-7-21/h4-5,8-10,12,14,16-19,21,26,28H,1-3,6-7,11,13,15H2. The van der Waals surface area contributed by atoms with Gasteiger partial charge in [0.1, 0.15) is 0 Å². The summed E-state index contributed by atoms with van der Waals surface area (Å²) >= 11 is 0. The van der Waals surface area contributed by atoms with E-state index in [-0.39, 0.29) is 11.7 Å². The molecule has 5 aliphatic carbocycles. The lowest BCUT2D eigenvalue weighted by atomic mass is 9.81. The maximum atomic E-state index is 12.9. The van der Waals surface area contributed by atoms with Gasteiger partial charge in [0.2, 0.25) is 0 Å². The second-order valence-electron chi connectivity index (χ2n) is 9.31. The van der Waals surface area contributed by atoms with Gasteiger partial charge >= 0.3 is 0 Å². The highest BCUT2D eigenvalue weighted by Gasteiger charge is 2.24. The monoisotopic (exact) mass is 394 g/mol. The lowest BCUT2D eigenvalue weighted by molar-refractivity contribution is -0.115. The fraction of sp³-hybridized carbons (Fsp3) is 0.345. The highest BCUT2D eigenvalue weighted by atomic mass is 16.1. The van der Waals surface area contributed by atoms with Crippen LogP contribution in [0.1, 0.15) is 44.9 Å². The van der Waals surface area contributed by atoms with Gasteiger partial charge in [0.05, 0.1) is 0 Å². The molecule has 5 rings (SSSR count). The number of carbonyl (C=O) groups excluding carboxylic acids is 1. The van der Waals surface area contributed by atoms with Gasteiger partial charge in [-0.15, -0.1) is 0 Å². The molecule has 1 heteroatoms. The van der Waals surface area contributed by atoms with E-state index in [1.165, 1.54) is 54.4 Å². The van der Waals surface area contributed by atoms with Crippen LogP contribution in [-0.4, -0.2) is 5.78 Å². The summed E-state index contributed by atoms with van der Waals surface area (Å²) < 4.78 is 0. The number of ketones is 1. The lowest BCUT2D eigenvalue weighted by Crippen LogP contribution is -2.12. The average Bonchev–Trinajstić information content (AvgIpc) is 3.41. The number of rotatable bonds is 6. The first kappa shape index (κ1) is 19.3. The van der Waals surface area contributed by atoms with Crippen molar-refractivity contribution in [2.75, 3.05) is 0 Å². The van der Waals surface area contributed by atoms with Gasteiger partial charge in [-0.05, 0) is 47.6 Å². The van der Waals surface area contributed by atoms with Crippen molar-refractivity contribution in [1.82, 2.24) is 0 Å². The van der Waals surface area contributed by atoms with E-state index in [0.717, 1.165) is 23.5 Å². The number of Topliss-reactive ketones (excluding diaryl/α,β-unsaturated/α-hetero) is 1. The van der Waals surface area contributed by atoms with E-state index in [9.17, 15) is 4.79 Å². The summed E-state index contributed by atoms with van der Waals surface area (Å²) in [5, 5.41) is 0. The summed E-state index contributed by atoms with van der Waals surface area (Å²) in [7, 11) is 0. The molecule has 1 fully saturated rings. The molecule has 0 N–H and O–H groups in total. The first-order chi connectivity index (χ1) is 14.7. The summed E-state index contributed by atoms with van der Waals surface area (Å²) in [5.41, 5.74) is 7.16. The predicted molar refractivity (Wildman–Crippen MR) is 125 cm³/mol. The SMILES string of the molecule is C=C1C=C(C(=O)CCC2=CC3C=C(CC4CCCC4)C=CC3=C2)C=C2C=CC=CC12. The van der Waals surface area contributed by atoms with Gasteiger partial charge in [0, 0.05) is 23.8 Å². The minimum atomic E-state index is 0.215. The molecule has 0 spiro atoms. The molecule has 0 radical (unpaired) electrons. The summed E-state index contributed by atoms with van der Waals surface area (Å²) in [5.74, 6) is 1.74. The van der Waals surface area contributed by atoms with Gasteiger partial charge < -0.3 is 0 Å². The number of allylic oxidation sites excluding steroid dienone is 17. The number of hydrogen-bond donors (Lipinski definition) is 0. The van der Waals surface area contributed by atoms with Crippen LogP contribution in [0.25, 0.3) is 0 Å². The number of carbonyl (C=O) groups is 1. The topological polar surface area (TPSA) is 17.1 Å². The number of hydrogen-bond acceptors (Lipinski definition) is 1. The van der Waals surface area contributed by atoms with E-state index in [0.29, 0.717) is 12.3 Å². The Morgan fingerprint density at radius 1 is 0.933 bits per heavy atom. The molecule has 0 saturated heterocycles.